The summed E-state index contributed by atoms with van der Waals surface area (Å²) in [5, 5.41) is 11.6. The van der Waals surface area contributed by atoms with E-state index in [2.05, 4.69) is 0 Å². The van der Waals surface area contributed by atoms with Gasteiger partial charge in [-0.2, -0.15) is 13.2 Å². The summed E-state index contributed by atoms with van der Waals surface area (Å²) in [7, 11) is 0. The van der Waals surface area contributed by atoms with Crippen molar-refractivity contribution in [3.63, 3.8) is 0 Å². The highest BCUT2D eigenvalue weighted by Gasteiger charge is 2.43. The van der Waals surface area contributed by atoms with E-state index < -0.39 is 28.9 Å². The van der Waals surface area contributed by atoms with Crippen LogP contribution in [0.1, 0.15) is 10.4 Å². The molecular formula is C17H7F3O4S. The molecule has 4 nitrogen and oxygen atoms in total. The second-order valence-electron chi connectivity index (χ2n) is 5.38. The third-order valence-corrected chi connectivity index (χ3v) is 5.00. The topological polar surface area (TPSA) is 67.5 Å². The Morgan fingerprint density at radius 1 is 1.04 bits per heavy atom. The molecule has 0 aliphatic heterocycles. The summed E-state index contributed by atoms with van der Waals surface area (Å²) in [4.78, 5) is 23.2. The first kappa shape index (κ1) is 15.6. The molecule has 2 heterocycles. The molecule has 126 valence electrons. The normalized spacial score (nSPS) is 12.3. The van der Waals surface area contributed by atoms with Gasteiger partial charge in [0.1, 0.15) is 11.3 Å². The third-order valence-electron chi connectivity index (χ3n) is 3.86. The van der Waals surface area contributed by atoms with E-state index in [0.717, 1.165) is 14.8 Å². The fourth-order valence-corrected chi connectivity index (χ4v) is 3.86. The molecule has 0 fully saturated rings. The van der Waals surface area contributed by atoms with E-state index in [1.165, 1.54) is 23.5 Å². The van der Waals surface area contributed by atoms with Crippen LogP contribution in [0, 0.1) is 0 Å². The number of thiophene rings is 1. The predicted molar refractivity (Wildman–Crippen MR) is 87.4 cm³/mol. The van der Waals surface area contributed by atoms with Crippen LogP contribution < -0.4 is 5.63 Å². The first-order valence-corrected chi connectivity index (χ1v) is 7.81. The molecule has 2 aromatic heterocycles. The Morgan fingerprint density at radius 2 is 1.76 bits per heavy atom. The molecule has 0 radical (unpaired) electrons. The van der Waals surface area contributed by atoms with Crippen LogP contribution in [-0.4, -0.2) is 17.1 Å². The molecule has 0 unspecified atom stereocenters. The highest BCUT2D eigenvalue weighted by molar-refractivity contribution is 7.25. The lowest BCUT2D eigenvalue weighted by Gasteiger charge is -2.08. The van der Waals surface area contributed by atoms with E-state index in [4.69, 9.17) is 4.42 Å². The molecular weight excluding hydrogens is 357 g/mol. The van der Waals surface area contributed by atoms with E-state index in [0.29, 0.717) is 5.39 Å². The second kappa shape index (κ2) is 5.06. The van der Waals surface area contributed by atoms with Crippen LogP contribution in [0.15, 0.2) is 45.6 Å². The molecule has 0 saturated heterocycles. The standard InChI is InChI=1S/C17H7F3O4S/c18-17(19,20)15(22)13-14(21)9-5-8-7-3-1-2-4-11(7)25-12(8)6-10(9)24-16(13)23/h1-6,21H. The Hall–Kier alpha value is -2.87. The maximum Gasteiger partial charge on any atom is 0.455 e. The number of halogens is 3. The zero-order valence-corrected chi connectivity index (χ0v) is 13.0. The number of rotatable bonds is 1. The molecule has 0 spiro atoms. The van der Waals surface area contributed by atoms with Gasteiger partial charge in [0.15, 0.2) is 5.56 Å². The molecule has 1 N–H and O–H groups in total. The van der Waals surface area contributed by atoms with Gasteiger partial charge in [0.2, 0.25) is 0 Å². The van der Waals surface area contributed by atoms with E-state index in [1.807, 2.05) is 24.3 Å². The van der Waals surface area contributed by atoms with Crippen molar-refractivity contribution in [1.29, 1.82) is 0 Å². The van der Waals surface area contributed by atoms with Crippen LogP contribution in [-0.2, 0) is 0 Å². The van der Waals surface area contributed by atoms with Gasteiger partial charge in [0.25, 0.3) is 5.78 Å². The minimum Gasteiger partial charge on any atom is -0.506 e. The van der Waals surface area contributed by atoms with Gasteiger partial charge in [0, 0.05) is 20.2 Å². The Balaban J connectivity index is 2.12. The molecule has 0 amide bonds. The molecule has 8 heteroatoms. The highest BCUT2D eigenvalue weighted by atomic mass is 32.1. The largest absolute Gasteiger partial charge is 0.506 e. The SMILES string of the molecule is O=C(c1c(O)c2cc3c(cc2oc1=O)sc1ccccc13)C(F)(F)F. The first-order valence-electron chi connectivity index (χ1n) is 7.00. The van der Waals surface area contributed by atoms with Crippen LogP contribution in [0.5, 0.6) is 5.75 Å². The summed E-state index contributed by atoms with van der Waals surface area (Å²) in [6.07, 6.45) is -5.29. The average Bonchev–Trinajstić information content (AvgIpc) is 2.89. The van der Waals surface area contributed by atoms with E-state index in [1.54, 1.807) is 0 Å². The zero-order valence-electron chi connectivity index (χ0n) is 12.2. The minimum atomic E-state index is -5.29. The van der Waals surface area contributed by atoms with Crippen molar-refractivity contribution in [3.05, 3.63) is 52.4 Å². The summed E-state index contributed by atoms with van der Waals surface area (Å²) in [6, 6.07) is 10.3. The summed E-state index contributed by atoms with van der Waals surface area (Å²) >= 11 is 1.41. The monoisotopic (exact) mass is 364 g/mol. The maximum absolute atomic E-state index is 12.7. The quantitative estimate of drug-likeness (QED) is 0.396. The van der Waals surface area contributed by atoms with E-state index in [9.17, 15) is 27.9 Å². The summed E-state index contributed by atoms with van der Waals surface area (Å²) in [5.41, 5.74) is -3.01. The number of hydrogen-bond donors (Lipinski definition) is 1. The van der Waals surface area contributed by atoms with Crippen LogP contribution in [0.25, 0.3) is 31.1 Å². The van der Waals surface area contributed by atoms with Gasteiger partial charge in [-0.25, -0.2) is 4.79 Å². The van der Waals surface area contributed by atoms with Crippen LogP contribution in [0.3, 0.4) is 0 Å². The Bertz CT molecular complexity index is 1230. The number of ketones is 1. The lowest BCUT2D eigenvalue weighted by Crippen LogP contribution is -2.28. The molecule has 4 aromatic rings. The molecule has 4 rings (SSSR count). The Morgan fingerprint density at radius 3 is 2.48 bits per heavy atom. The first-order chi connectivity index (χ1) is 11.8. The van der Waals surface area contributed by atoms with Crippen molar-refractivity contribution in [1.82, 2.24) is 0 Å². The molecule has 25 heavy (non-hydrogen) atoms. The third kappa shape index (κ3) is 2.29. The zero-order chi connectivity index (χ0) is 17.9. The lowest BCUT2D eigenvalue weighted by molar-refractivity contribution is -0.0888. The number of hydrogen-bond acceptors (Lipinski definition) is 5. The smallest absolute Gasteiger partial charge is 0.455 e. The maximum atomic E-state index is 12.7. The fourth-order valence-electron chi connectivity index (χ4n) is 2.75. The van der Waals surface area contributed by atoms with Crippen molar-refractivity contribution < 1.29 is 27.5 Å². The predicted octanol–water partition coefficient (Wildman–Crippen LogP) is 4.61. The molecule has 0 atom stereocenters. The number of benzene rings is 2. The van der Waals surface area contributed by atoms with Gasteiger partial charge in [-0.1, -0.05) is 18.2 Å². The molecule has 2 aromatic carbocycles. The van der Waals surface area contributed by atoms with Crippen molar-refractivity contribution >= 4 is 48.3 Å². The number of fused-ring (bicyclic) bond motifs is 4. The Kier molecular flexibility index (Phi) is 3.17. The van der Waals surface area contributed by atoms with Crippen LogP contribution in [0.4, 0.5) is 13.2 Å². The molecule has 0 aliphatic carbocycles. The summed E-state index contributed by atoms with van der Waals surface area (Å²) in [5.74, 6) is -3.46. The number of Topliss-reactive ketones (excluding diaryl/α,β-unsaturated/α-hetero) is 1. The Labute approximate surface area is 140 Å². The van der Waals surface area contributed by atoms with E-state index in [-0.39, 0.29) is 11.0 Å². The van der Waals surface area contributed by atoms with Gasteiger partial charge in [-0.3, -0.25) is 4.79 Å². The second-order valence-corrected chi connectivity index (χ2v) is 6.47. The average molecular weight is 364 g/mol. The van der Waals surface area contributed by atoms with Crippen LogP contribution in [0.2, 0.25) is 0 Å². The van der Waals surface area contributed by atoms with E-state index >= 15 is 0 Å². The van der Waals surface area contributed by atoms with Crippen molar-refractivity contribution in [2.45, 2.75) is 6.18 Å². The van der Waals surface area contributed by atoms with Crippen molar-refractivity contribution in [2.24, 2.45) is 0 Å². The van der Waals surface area contributed by atoms with Gasteiger partial charge in [-0.05, 0) is 18.2 Å². The molecule has 0 saturated carbocycles. The summed E-state index contributed by atoms with van der Waals surface area (Å²) in [6.45, 7) is 0. The lowest BCUT2D eigenvalue weighted by atomic mass is 10.1. The van der Waals surface area contributed by atoms with Crippen molar-refractivity contribution in [3.8, 4) is 5.75 Å². The minimum absolute atomic E-state index is 0.0831. The van der Waals surface area contributed by atoms with Crippen molar-refractivity contribution in [2.75, 3.05) is 0 Å². The van der Waals surface area contributed by atoms with Gasteiger partial charge in [0.05, 0.1) is 5.39 Å². The van der Waals surface area contributed by atoms with Gasteiger partial charge >= 0.3 is 11.8 Å². The van der Waals surface area contributed by atoms with Crippen LogP contribution >= 0.6 is 11.3 Å². The highest BCUT2D eigenvalue weighted by Crippen LogP contribution is 2.39. The summed E-state index contributed by atoms with van der Waals surface area (Å²) < 4.78 is 44.5. The van der Waals surface area contributed by atoms with Gasteiger partial charge < -0.3 is 9.52 Å². The number of carbonyl (C=O) groups is 1. The fraction of sp³-hybridized carbons (Fsp3) is 0.0588. The molecule has 0 bridgehead atoms. The number of alkyl halides is 3. The van der Waals surface area contributed by atoms with Gasteiger partial charge in [-0.15, -0.1) is 11.3 Å². The number of aromatic hydroxyl groups is 1. The number of carbonyl (C=O) groups excluding carboxylic acids is 1. The molecule has 0 aliphatic rings.